The van der Waals surface area contributed by atoms with Gasteiger partial charge in [-0.25, -0.2) is 0 Å². The Balaban J connectivity index is 1.30. The largest absolute Gasteiger partial charge is 0.508 e. The molecule has 0 aliphatic carbocycles. The van der Waals surface area contributed by atoms with Crippen LogP contribution in [0.3, 0.4) is 0 Å². The minimum atomic E-state index is -0.264. The minimum Gasteiger partial charge on any atom is -0.508 e. The summed E-state index contributed by atoms with van der Waals surface area (Å²) in [5.41, 5.74) is 3.26. The summed E-state index contributed by atoms with van der Waals surface area (Å²) in [4.78, 5) is 18.1. The van der Waals surface area contributed by atoms with Gasteiger partial charge in [0.2, 0.25) is 5.75 Å². The number of hydrogen-bond donors (Lipinski definition) is 1. The van der Waals surface area contributed by atoms with E-state index in [1.807, 2.05) is 72.8 Å². The average Bonchev–Trinajstić information content (AvgIpc) is 2.98. The summed E-state index contributed by atoms with van der Waals surface area (Å²) >= 11 is 0. The van der Waals surface area contributed by atoms with Crippen molar-refractivity contribution in [2.75, 3.05) is 44.8 Å². The lowest BCUT2D eigenvalue weighted by molar-refractivity contribution is 0.244. The highest BCUT2D eigenvalue weighted by Crippen LogP contribution is 2.27. The molecule has 1 fully saturated rings. The Morgan fingerprint density at radius 2 is 1.62 bits per heavy atom. The van der Waals surface area contributed by atoms with Crippen molar-refractivity contribution in [3.8, 4) is 22.9 Å². The number of aromatic hydroxyl groups is 1. The highest BCUT2D eigenvalue weighted by atomic mass is 16.5. The molecule has 202 valence electrons. The third-order valence-corrected chi connectivity index (χ3v) is 7.03. The van der Waals surface area contributed by atoms with Gasteiger partial charge in [-0.3, -0.25) is 9.69 Å². The van der Waals surface area contributed by atoms with E-state index in [1.165, 1.54) is 10.2 Å². The Hall–Kier alpha value is -4.30. The predicted molar refractivity (Wildman–Crippen MR) is 152 cm³/mol. The van der Waals surface area contributed by atoms with Gasteiger partial charge in [0.15, 0.2) is 0 Å². The molecule has 39 heavy (non-hydrogen) atoms. The van der Waals surface area contributed by atoms with Crippen molar-refractivity contribution in [2.24, 2.45) is 0 Å². The van der Waals surface area contributed by atoms with E-state index >= 15 is 0 Å². The van der Waals surface area contributed by atoms with E-state index in [9.17, 15) is 9.90 Å². The van der Waals surface area contributed by atoms with E-state index < -0.39 is 0 Å². The molecule has 1 aliphatic rings. The number of benzene rings is 3. The number of aryl methyl sites for hydroxylation is 1. The van der Waals surface area contributed by atoms with Crippen LogP contribution < -0.4 is 19.9 Å². The number of aromatic nitrogens is 2. The third kappa shape index (κ3) is 6.41. The van der Waals surface area contributed by atoms with Gasteiger partial charge in [0, 0.05) is 38.3 Å². The molecule has 0 radical (unpaired) electrons. The summed E-state index contributed by atoms with van der Waals surface area (Å²) < 4.78 is 12.8. The number of nitrogens with zero attached hydrogens (tertiary/aromatic N) is 4. The quantitative estimate of drug-likeness (QED) is 0.309. The van der Waals surface area contributed by atoms with Crippen LogP contribution in [-0.4, -0.2) is 59.7 Å². The fourth-order valence-electron chi connectivity index (χ4n) is 4.82. The summed E-state index contributed by atoms with van der Waals surface area (Å²) in [6.07, 6.45) is 3.35. The molecule has 1 aromatic heterocycles. The number of hydrogen-bond acceptors (Lipinski definition) is 7. The minimum absolute atomic E-state index is 0.264. The molecule has 2 heterocycles. The van der Waals surface area contributed by atoms with Crippen LogP contribution in [-0.2, 0) is 13.0 Å². The van der Waals surface area contributed by atoms with Crippen molar-refractivity contribution >= 4 is 5.69 Å². The Morgan fingerprint density at radius 3 is 2.33 bits per heavy atom. The molecule has 0 amide bonds. The zero-order valence-corrected chi connectivity index (χ0v) is 22.2. The first kappa shape index (κ1) is 26.3. The van der Waals surface area contributed by atoms with Crippen molar-refractivity contribution in [2.45, 2.75) is 19.4 Å². The van der Waals surface area contributed by atoms with Crippen LogP contribution in [0.4, 0.5) is 5.69 Å². The molecule has 8 heteroatoms. The molecule has 8 nitrogen and oxygen atoms in total. The number of phenols is 1. The fraction of sp³-hybridized carbons (Fsp3) is 0.290. The second kappa shape index (κ2) is 12.5. The van der Waals surface area contributed by atoms with Gasteiger partial charge in [-0.1, -0.05) is 48.5 Å². The maximum absolute atomic E-state index is 13.6. The maximum atomic E-state index is 13.6. The van der Waals surface area contributed by atoms with Crippen molar-refractivity contribution in [1.82, 2.24) is 14.7 Å². The van der Waals surface area contributed by atoms with Crippen LogP contribution in [0.15, 0.2) is 89.9 Å². The normalized spacial score (nSPS) is 13.8. The molecule has 0 atom stereocenters. The van der Waals surface area contributed by atoms with E-state index in [-0.39, 0.29) is 5.56 Å². The summed E-state index contributed by atoms with van der Waals surface area (Å²) in [5, 5.41) is 14.7. The van der Waals surface area contributed by atoms with Crippen molar-refractivity contribution in [3.63, 3.8) is 0 Å². The number of methoxy groups -OCH3 is 1. The first-order chi connectivity index (χ1) is 19.1. The summed E-state index contributed by atoms with van der Waals surface area (Å²) in [6.45, 7) is 4.15. The molecule has 1 N–H and O–H groups in total. The summed E-state index contributed by atoms with van der Waals surface area (Å²) in [6, 6.07) is 24.9. The van der Waals surface area contributed by atoms with E-state index in [1.54, 1.807) is 19.4 Å². The fourth-order valence-corrected chi connectivity index (χ4v) is 4.82. The summed E-state index contributed by atoms with van der Waals surface area (Å²) in [7, 11) is 1.66. The van der Waals surface area contributed by atoms with Gasteiger partial charge in [0.25, 0.3) is 0 Å². The maximum Gasteiger partial charge on any atom is 0.316 e. The number of phenolic OH excluding ortho intramolecular Hbond substituents is 1. The van der Waals surface area contributed by atoms with Gasteiger partial charge < -0.3 is 19.5 Å². The molecule has 0 unspecified atom stereocenters. The standard InChI is InChI=1S/C31H34N4O4/c1-38-27-15-13-24(14-16-27)8-7-21-39-30-28(22-32-35(31(30)37)26-10-3-2-4-11-26)34-19-17-33(18-20-34)23-25-9-5-6-12-29(25)36/h2-6,9-16,22,36H,7-8,17-21,23H2,1H3. The lowest BCUT2D eigenvalue weighted by Crippen LogP contribution is -2.46. The van der Waals surface area contributed by atoms with E-state index in [0.717, 1.165) is 56.0 Å². The summed E-state index contributed by atoms with van der Waals surface area (Å²) in [5.74, 6) is 1.48. The molecule has 5 rings (SSSR count). The second-order valence-corrected chi connectivity index (χ2v) is 9.60. The molecule has 1 saturated heterocycles. The molecule has 0 saturated carbocycles. The van der Waals surface area contributed by atoms with Gasteiger partial charge in [0.1, 0.15) is 17.2 Å². The number of anilines is 1. The monoisotopic (exact) mass is 526 g/mol. The van der Waals surface area contributed by atoms with Gasteiger partial charge >= 0.3 is 5.56 Å². The highest BCUT2D eigenvalue weighted by molar-refractivity contribution is 5.57. The number of para-hydroxylation sites is 2. The van der Waals surface area contributed by atoms with E-state index in [2.05, 4.69) is 14.9 Å². The number of ether oxygens (including phenoxy) is 2. The lowest BCUT2D eigenvalue weighted by atomic mass is 10.1. The topological polar surface area (TPSA) is 80.1 Å². The Labute approximate surface area is 228 Å². The zero-order chi connectivity index (χ0) is 27.0. The second-order valence-electron chi connectivity index (χ2n) is 9.60. The van der Waals surface area contributed by atoms with Crippen molar-refractivity contribution in [3.05, 3.63) is 107 Å². The smallest absolute Gasteiger partial charge is 0.316 e. The molecular formula is C31H34N4O4. The van der Waals surface area contributed by atoms with Crippen molar-refractivity contribution in [1.29, 1.82) is 0 Å². The van der Waals surface area contributed by atoms with Crippen LogP contribution >= 0.6 is 0 Å². The van der Waals surface area contributed by atoms with Crippen molar-refractivity contribution < 1.29 is 14.6 Å². The van der Waals surface area contributed by atoms with Gasteiger partial charge in [-0.15, -0.1) is 0 Å². The first-order valence-electron chi connectivity index (χ1n) is 13.3. The lowest BCUT2D eigenvalue weighted by Gasteiger charge is -2.36. The molecule has 3 aromatic carbocycles. The Kier molecular flexibility index (Phi) is 8.43. The van der Waals surface area contributed by atoms with E-state index in [4.69, 9.17) is 9.47 Å². The van der Waals surface area contributed by atoms with E-state index in [0.29, 0.717) is 30.3 Å². The predicted octanol–water partition coefficient (Wildman–Crippen LogP) is 4.28. The van der Waals surface area contributed by atoms with Crippen LogP contribution in [0.25, 0.3) is 5.69 Å². The molecule has 1 aliphatic heterocycles. The number of rotatable bonds is 10. The molecule has 4 aromatic rings. The van der Waals surface area contributed by atoms with Crippen LogP contribution in [0.2, 0.25) is 0 Å². The van der Waals surface area contributed by atoms with Crippen LogP contribution in [0.1, 0.15) is 17.5 Å². The average molecular weight is 527 g/mol. The Morgan fingerprint density at radius 1 is 0.897 bits per heavy atom. The van der Waals surface area contributed by atoms with Gasteiger partial charge in [-0.2, -0.15) is 9.78 Å². The third-order valence-electron chi connectivity index (χ3n) is 7.03. The highest BCUT2D eigenvalue weighted by Gasteiger charge is 2.24. The zero-order valence-electron chi connectivity index (χ0n) is 22.2. The van der Waals surface area contributed by atoms with Gasteiger partial charge in [-0.05, 0) is 48.7 Å². The first-order valence-corrected chi connectivity index (χ1v) is 13.3. The molecule has 0 bridgehead atoms. The number of piperazine rings is 1. The van der Waals surface area contributed by atoms with Crippen LogP contribution in [0, 0.1) is 0 Å². The molecular weight excluding hydrogens is 492 g/mol. The SMILES string of the molecule is COc1ccc(CCCOc2c(N3CCN(Cc4ccccc4O)CC3)cnn(-c3ccccc3)c2=O)cc1. The molecule has 0 spiro atoms. The van der Waals surface area contributed by atoms with Gasteiger partial charge in [0.05, 0.1) is 25.6 Å². The van der Waals surface area contributed by atoms with Crippen LogP contribution in [0.5, 0.6) is 17.2 Å². The Bertz CT molecular complexity index is 1410.